The van der Waals surface area contributed by atoms with Crippen molar-refractivity contribution in [3.05, 3.63) is 35.4 Å². The zero-order valence-corrected chi connectivity index (χ0v) is 10.9. The second-order valence-electron chi connectivity index (χ2n) is 3.80. The molecule has 1 amide bonds. The van der Waals surface area contributed by atoms with Gasteiger partial charge >= 0.3 is 0 Å². The third kappa shape index (κ3) is 4.13. The maximum absolute atomic E-state index is 12.4. The quantitative estimate of drug-likeness (QED) is 0.828. The summed E-state index contributed by atoms with van der Waals surface area (Å²) in [7, 11) is 0. The SMILES string of the molecule is CCN(CCC#N)C(=O)c1ccccc1C#CCO. The van der Waals surface area contributed by atoms with Gasteiger partial charge in [-0.3, -0.25) is 4.79 Å². The Kier molecular flexibility index (Phi) is 6.15. The molecule has 98 valence electrons. The van der Waals surface area contributed by atoms with E-state index in [0.717, 1.165) is 0 Å². The molecule has 1 N–H and O–H groups in total. The average molecular weight is 256 g/mol. The average Bonchev–Trinajstić information content (AvgIpc) is 2.46. The minimum Gasteiger partial charge on any atom is -0.384 e. The molecule has 0 aliphatic carbocycles. The van der Waals surface area contributed by atoms with Crippen molar-refractivity contribution in [2.24, 2.45) is 0 Å². The fraction of sp³-hybridized carbons (Fsp3) is 0.333. The second-order valence-corrected chi connectivity index (χ2v) is 3.80. The van der Waals surface area contributed by atoms with Gasteiger partial charge < -0.3 is 10.0 Å². The monoisotopic (exact) mass is 256 g/mol. The van der Waals surface area contributed by atoms with Gasteiger partial charge in [0.15, 0.2) is 0 Å². The summed E-state index contributed by atoms with van der Waals surface area (Å²) >= 11 is 0. The van der Waals surface area contributed by atoms with Gasteiger partial charge in [0.25, 0.3) is 5.91 Å². The van der Waals surface area contributed by atoms with E-state index in [9.17, 15) is 4.79 Å². The van der Waals surface area contributed by atoms with Gasteiger partial charge in [-0.05, 0) is 19.1 Å². The number of carbonyl (C=O) groups is 1. The maximum atomic E-state index is 12.4. The smallest absolute Gasteiger partial charge is 0.255 e. The van der Waals surface area contributed by atoms with Crippen molar-refractivity contribution >= 4 is 5.91 Å². The highest BCUT2D eigenvalue weighted by Gasteiger charge is 2.16. The summed E-state index contributed by atoms with van der Waals surface area (Å²) in [6, 6.07) is 9.05. The van der Waals surface area contributed by atoms with Crippen molar-refractivity contribution in [3.8, 4) is 17.9 Å². The second kappa shape index (κ2) is 7.92. The minimum absolute atomic E-state index is 0.138. The van der Waals surface area contributed by atoms with Gasteiger partial charge in [-0.15, -0.1) is 0 Å². The first kappa shape index (κ1) is 14.8. The van der Waals surface area contributed by atoms with Gasteiger partial charge in [0.2, 0.25) is 0 Å². The van der Waals surface area contributed by atoms with Crippen LogP contribution in [0, 0.1) is 23.2 Å². The number of rotatable bonds is 4. The van der Waals surface area contributed by atoms with Gasteiger partial charge in [0, 0.05) is 18.7 Å². The van der Waals surface area contributed by atoms with Crippen LogP contribution in [0.3, 0.4) is 0 Å². The molecule has 0 atom stereocenters. The highest BCUT2D eigenvalue weighted by molar-refractivity contribution is 5.96. The highest BCUT2D eigenvalue weighted by Crippen LogP contribution is 2.11. The summed E-state index contributed by atoms with van der Waals surface area (Å²) in [5.74, 6) is 5.17. The van der Waals surface area contributed by atoms with Crippen LogP contribution in [0.2, 0.25) is 0 Å². The number of hydrogen-bond acceptors (Lipinski definition) is 3. The minimum atomic E-state index is -0.242. The third-order valence-electron chi connectivity index (χ3n) is 2.62. The normalized spacial score (nSPS) is 9.11. The molecular formula is C15H16N2O2. The van der Waals surface area contributed by atoms with Crippen LogP contribution in [0.25, 0.3) is 0 Å². The van der Waals surface area contributed by atoms with Crippen LogP contribution in [-0.2, 0) is 0 Å². The van der Waals surface area contributed by atoms with Gasteiger partial charge in [0.1, 0.15) is 6.61 Å². The Balaban J connectivity index is 3.01. The molecule has 0 aliphatic rings. The topological polar surface area (TPSA) is 64.3 Å². The van der Waals surface area contributed by atoms with E-state index in [0.29, 0.717) is 30.6 Å². The van der Waals surface area contributed by atoms with Gasteiger partial charge in [-0.1, -0.05) is 24.0 Å². The van der Waals surface area contributed by atoms with Crippen LogP contribution >= 0.6 is 0 Å². The first-order valence-electron chi connectivity index (χ1n) is 6.09. The summed E-state index contributed by atoms with van der Waals surface area (Å²) in [5, 5.41) is 17.3. The van der Waals surface area contributed by atoms with Crippen LogP contribution in [0.1, 0.15) is 29.3 Å². The number of nitriles is 1. The predicted molar refractivity (Wildman–Crippen MR) is 72.2 cm³/mol. The van der Waals surface area contributed by atoms with E-state index in [2.05, 4.69) is 11.8 Å². The Morgan fingerprint density at radius 3 is 2.79 bits per heavy atom. The zero-order chi connectivity index (χ0) is 14.1. The molecule has 0 radical (unpaired) electrons. The molecule has 4 nitrogen and oxygen atoms in total. The number of amides is 1. The molecule has 4 heteroatoms. The summed E-state index contributed by atoms with van der Waals surface area (Å²) in [5.41, 5.74) is 1.10. The predicted octanol–water partition coefficient (Wildman–Crippen LogP) is 1.41. The summed E-state index contributed by atoms with van der Waals surface area (Å²) in [4.78, 5) is 14.0. The van der Waals surface area contributed by atoms with E-state index < -0.39 is 0 Å². The number of nitrogens with zero attached hydrogens (tertiary/aromatic N) is 2. The molecule has 1 aromatic carbocycles. The zero-order valence-electron chi connectivity index (χ0n) is 10.9. The van der Waals surface area contributed by atoms with Gasteiger partial charge in [0.05, 0.1) is 18.1 Å². The summed E-state index contributed by atoms with van der Waals surface area (Å²) in [6.07, 6.45) is 0.310. The van der Waals surface area contributed by atoms with Gasteiger partial charge in [-0.2, -0.15) is 5.26 Å². The van der Waals surface area contributed by atoms with E-state index in [1.165, 1.54) is 0 Å². The number of aliphatic hydroxyl groups excluding tert-OH is 1. The highest BCUT2D eigenvalue weighted by atomic mass is 16.2. The molecular weight excluding hydrogens is 240 g/mol. The molecule has 0 aromatic heterocycles. The van der Waals surface area contributed by atoms with Crippen LogP contribution in [-0.4, -0.2) is 35.6 Å². The lowest BCUT2D eigenvalue weighted by Crippen LogP contribution is -2.32. The molecule has 19 heavy (non-hydrogen) atoms. The first-order valence-corrected chi connectivity index (χ1v) is 6.09. The van der Waals surface area contributed by atoms with Crippen molar-refractivity contribution in [2.45, 2.75) is 13.3 Å². The van der Waals surface area contributed by atoms with E-state index in [-0.39, 0.29) is 12.5 Å². The van der Waals surface area contributed by atoms with Crippen molar-refractivity contribution in [2.75, 3.05) is 19.7 Å². The molecule has 0 aliphatic heterocycles. The van der Waals surface area contributed by atoms with Crippen LogP contribution in [0.5, 0.6) is 0 Å². The van der Waals surface area contributed by atoms with E-state index in [1.807, 2.05) is 13.0 Å². The molecule has 0 saturated heterocycles. The van der Waals surface area contributed by atoms with E-state index in [4.69, 9.17) is 10.4 Å². The molecule has 0 spiro atoms. The van der Waals surface area contributed by atoms with Crippen molar-refractivity contribution in [3.63, 3.8) is 0 Å². The summed E-state index contributed by atoms with van der Waals surface area (Å²) < 4.78 is 0. The maximum Gasteiger partial charge on any atom is 0.255 e. The Hall–Kier alpha value is -2.30. The molecule has 0 heterocycles. The molecule has 0 bridgehead atoms. The molecule has 0 saturated carbocycles. The van der Waals surface area contributed by atoms with Crippen LogP contribution < -0.4 is 0 Å². The lowest BCUT2D eigenvalue weighted by molar-refractivity contribution is 0.0767. The molecule has 0 fully saturated rings. The summed E-state index contributed by atoms with van der Waals surface area (Å²) in [6.45, 7) is 2.58. The lowest BCUT2D eigenvalue weighted by Gasteiger charge is -2.20. The number of benzene rings is 1. The van der Waals surface area contributed by atoms with Crippen molar-refractivity contribution < 1.29 is 9.90 Å². The fourth-order valence-corrected chi connectivity index (χ4v) is 1.67. The first-order chi connectivity index (χ1) is 9.24. The number of aliphatic hydroxyl groups is 1. The Morgan fingerprint density at radius 1 is 1.42 bits per heavy atom. The molecule has 1 rings (SSSR count). The Morgan fingerprint density at radius 2 is 2.16 bits per heavy atom. The standard InChI is InChI=1S/C15H16N2O2/c1-2-17(11-6-10-16)15(19)14-9-4-3-7-13(14)8-5-12-18/h3-4,7,9,18H,2,6,11-12H2,1H3. The largest absolute Gasteiger partial charge is 0.384 e. The van der Waals surface area contributed by atoms with E-state index in [1.54, 1.807) is 29.2 Å². The van der Waals surface area contributed by atoms with Gasteiger partial charge in [-0.25, -0.2) is 0 Å². The third-order valence-corrected chi connectivity index (χ3v) is 2.62. The Bertz CT molecular complexity index is 535. The molecule has 1 aromatic rings. The van der Waals surface area contributed by atoms with Crippen molar-refractivity contribution in [1.82, 2.24) is 4.90 Å². The molecule has 0 unspecified atom stereocenters. The van der Waals surface area contributed by atoms with Crippen molar-refractivity contribution in [1.29, 1.82) is 5.26 Å². The lowest BCUT2D eigenvalue weighted by atomic mass is 10.1. The van der Waals surface area contributed by atoms with Crippen LogP contribution in [0.15, 0.2) is 24.3 Å². The fourth-order valence-electron chi connectivity index (χ4n) is 1.67. The van der Waals surface area contributed by atoms with Crippen LogP contribution in [0.4, 0.5) is 0 Å². The Labute approximate surface area is 113 Å². The van der Waals surface area contributed by atoms with E-state index >= 15 is 0 Å². The number of hydrogen-bond donors (Lipinski definition) is 1. The number of carbonyl (C=O) groups excluding carboxylic acids is 1.